The summed E-state index contributed by atoms with van der Waals surface area (Å²) < 4.78 is 1.85. The number of rotatable bonds is 3. The molecule has 1 heterocycles. The molecule has 0 spiro atoms. The van der Waals surface area contributed by atoms with Crippen molar-refractivity contribution in [3.8, 4) is 11.3 Å². The molecule has 1 aromatic heterocycles. The Morgan fingerprint density at radius 1 is 1.38 bits per heavy atom. The molecule has 0 unspecified atom stereocenters. The Labute approximate surface area is 95.9 Å². The van der Waals surface area contributed by atoms with Gasteiger partial charge in [-0.05, 0) is 31.5 Å². The van der Waals surface area contributed by atoms with Gasteiger partial charge in [0.05, 0.1) is 5.69 Å². The zero-order valence-corrected chi connectivity index (χ0v) is 9.77. The van der Waals surface area contributed by atoms with Crippen LogP contribution in [0.15, 0.2) is 30.5 Å². The average molecular weight is 215 g/mol. The second kappa shape index (κ2) is 4.49. The summed E-state index contributed by atoms with van der Waals surface area (Å²) in [6.45, 7) is 2.75. The Bertz CT molecular complexity index is 486. The molecule has 0 amide bonds. The highest BCUT2D eigenvalue weighted by Gasteiger charge is 2.09. The Hall–Kier alpha value is -1.61. The zero-order chi connectivity index (χ0) is 11.5. The van der Waals surface area contributed by atoms with Gasteiger partial charge in [-0.2, -0.15) is 5.10 Å². The van der Waals surface area contributed by atoms with E-state index in [9.17, 15) is 0 Å². The molecule has 0 saturated carbocycles. The van der Waals surface area contributed by atoms with Gasteiger partial charge in [-0.15, -0.1) is 0 Å². The van der Waals surface area contributed by atoms with Crippen LogP contribution >= 0.6 is 0 Å². The minimum Gasteiger partial charge on any atom is -0.330 e. The van der Waals surface area contributed by atoms with Crippen LogP contribution in [0.2, 0.25) is 0 Å². The molecule has 2 rings (SSSR count). The fraction of sp³-hybridized carbons (Fsp3) is 0.308. The summed E-state index contributed by atoms with van der Waals surface area (Å²) in [4.78, 5) is 0. The molecule has 84 valence electrons. The smallest absolute Gasteiger partial charge is 0.0955 e. The van der Waals surface area contributed by atoms with Crippen LogP contribution in [-0.4, -0.2) is 16.3 Å². The maximum Gasteiger partial charge on any atom is 0.0955 e. The highest BCUT2D eigenvalue weighted by Crippen LogP contribution is 2.22. The van der Waals surface area contributed by atoms with E-state index >= 15 is 0 Å². The van der Waals surface area contributed by atoms with Crippen molar-refractivity contribution in [2.24, 2.45) is 12.8 Å². The standard InChI is InChI=1S/C13H17N3/c1-10-4-3-5-11(8-10)13-12(6-7-14)9-16(2)15-13/h3-5,8-9H,6-7,14H2,1-2H3. The van der Waals surface area contributed by atoms with Crippen LogP contribution in [0.4, 0.5) is 0 Å². The molecule has 0 fully saturated rings. The van der Waals surface area contributed by atoms with Gasteiger partial charge in [0.25, 0.3) is 0 Å². The maximum absolute atomic E-state index is 5.61. The second-order valence-corrected chi connectivity index (χ2v) is 4.08. The first-order valence-electron chi connectivity index (χ1n) is 5.50. The van der Waals surface area contributed by atoms with Gasteiger partial charge < -0.3 is 5.73 Å². The lowest BCUT2D eigenvalue weighted by atomic mass is 10.0. The number of hydrogen-bond acceptors (Lipinski definition) is 2. The van der Waals surface area contributed by atoms with Gasteiger partial charge in [0, 0.05) is 18.8 Å². The Kier molecular flexibility index (Phi) is 3.06. The molecule has 0 saturated heterocycles. The summed E-state index contributed by atoms with van der Waals surface area (Å²) in [5.74, 6) is 0. The van der Waals surface area contributed by atoms with Crippen molar-refractivity contribution in [1.29, 1.82) is 0 Å². The third kappa shape index (κ3) is 2.14. The third-order valence-electron chi connectivity index (χ3n) is 2.61. The third-order valence-corrected chi connectivity index (χ3v) is 2.61. The van der Waals surface area contributed by atoms with E-state index in [4.69, 9.17) is 5.73 Å². The number of benzene rings is 1. The lowest BCUT2D eigenvalue weighted by Crippen LogP contribution is -2.02. The Morgan fingerprint density at radius 3 is 2.88 bits per heavy atom. The molecule has 0 aliphatic rings. The molecule has 16 heavy (non-hydrogen) atoms. The number of nitrogens with zero attached hydrogens (tertiary/aromatic N) is 2. The SMILES string of the molecule is Cc1cccc(-c2nn(C)cc2CCN)c1. The predicted octanol–water partition coefficient (Wildman–Crippen LogP) is 1.90. The number of aromatic nitrogens is 2. The monoisotopic (exact) mass is 215 g/mol. The van der Waals surface area contributed by atoms with Crippen LogP contribution in [0.25, 0.3) is 11.3 Å². The van der Waals surface area contributed by atoms with Gasteiger partial charge >= 0.3 is 0 Å². The number of nitrogens with two attached hydrogens (primary N) is 1. The molecule has 3 heteroatoms. The summed E-state index contributed by atoms with van der Waals surface area (Å²) in [5.41, 5.74) is 10.3. The summed E-state index contributed by atoms with van der Waals surface area (Å²) in [7, 11) is 1.94. The van der Waals surface area contributed by atoms with Crippen LogP contribution in [0, 0.1) is 6.92 Å². The van der Waals surface area contributed by atoms with Gasteiger partial charge in [0.15, 0.2) is 0 Å². The van der Waals surface area contributed by atoms with Gasteiger partial charge in [0.2, 0.25) is 0 Å². The highest BCUT2D eigenvalue weighted by molar-refractivity contribution is 5.63. The first kappa shape index (κ1) is 10.9. The van der Waals surface area contributed by atoms with Crippen molar-refractivity contribution < 1.29 is 0 Å². The number of aryl methyl sites for hydroxylation is 2. The minimum absolute atomic E-state index is 0.657. The maximum atomic E-state index is 5.61. The van der Waals surface area contributed by atoms with Gasteiger partial charge in [-0.3, -0.25) is 4.68 Å². The molecule has 2 aromatic rings. The van der Waals surface area contributed by atoms with E-state index in [1.54, 1.807) is 0 Å². The minimum atomic E-state index is 0.657. The molecule has 1 aromatic carbocycles. The summed E-state index contributed by atoms with van der Waals surface area (Å²) in [6.07, 6.45) is 2.92. The van der Waals surface area contributed by atoms with Crippen molar-refractivity contribution in [2.45, 2.75) is 13.3 Å². The Morgan fingerprint density at radius 2 is 2.19 bits per heavy atom. The van der Waals surface area contributed by atoms with Crippen LogP contribution in [-0.2, 0) is 13.5 Å². The van der Waals surface area contributed by atoms with Crippen LogP contribution < -0.4 is 5.73 Å². The van der Waals surface area contributed by atoms with E-state index in [0.29, 0.717) is 6.54 Å². The normalized spacial score (nSPS) is 10.7. The largest absolute Gasteiger partial charge is 0.330 e. The zero-order valence-electron chi connectivity index (χ0n) is 9.77. The Balaban J connectivity index is 2.46. The van der Waals surface area contributed by atoms with E-state index in [0.717, 1.165) is 12.1 Å². The molecule has 0 aliphatic carbocycles. The van der Waals surface area contributed by atoms with Crippen molar-refractivity contribution in [3.63, 3.8) is 0 Å². The fourth-order valence-corrected chi connectivity index (χ4v) is 1.91. The summed E-state index contributed by atoms with van der Waals surface area (Å²) >= 11 is 0. The molecule has 0 aliphatic heterocycles. The van der Waals surface area contributed by atoms with E-state index in [-0.39, 0.29) is 0 Å². The lowest BCUT2D eigenvalue weighted by Gasteiger charge is -2.02. The molecular formula is C13H17N3. The van der Waals surface area contributed by atoms with Crippen molar-refractivity contribution >= 4 is 0 Å². The van der Waals surface area contributed by atoms with Crippen LogP contribution in [0.3, 0.4) is 0 Å². The van der Waals surface area contributed by atoms with E-state index in [1.165, 1.54) is 16.7 Å². The molecular weight excluding hydrogens is 198 g/mol. The topological polar surface area (TPSA) is 43.8 Å². The molecule has 0 atom stereocenters. The summed E-state index contributed by atoms with van der Waals surface area (Å²) in [6, 6.07) is 8.40. The van der Waals surface area contributed by atoms with E-state index < -0.39 is 0 Å². The first-order valence-corrected chi connectivity index (χ1v) is 5.50. The van der Waals surface area contributed by atoms with Crippen molar-refractivity contribution in [1.82, 2.24) is 9.78 Å². The second-order valence-electron chi connectivity index (χ2n) is 4.08. The molecule has 2 N–H and O–H groups in total. The van der Waals surface area contributed by atoms with Crippen molar-refractivity contribution in [2.75, 3.05) is 6.54 Å². The first-order chi connectivity index (χ1) is 7.70. The molecule has 0 bridgehead atoms. The average Bonchev–Trinajstić information content (AvgIpc) is 2.60. The number of hydrogen-bond donors (Lipinski definition) is 1. The lowest BCUT2D eigenvalue weighted by molar-refractivity contribution is 0.769. The molecule has 0 radical (unpaired) electrons. The van der Waals surface area contributed by atoms with E-state index in [2.05, 4.69) is 36.3 Å². The summed E-state index contributed by atoms with van der Waals surface area (Å²) in [5, 5.41) is 4.50. The van der Waals surface area contributed by atoms with Crippen molar-refractivity contribution in [3.05, 3.63) is 41.6 Å². The van der Waals surface area contributed by atoms with Crippen LogP contribution in [0.5, 0.6) is 0 Å². The van der Waals surface area contributed by atoms with E-state index in [1.807, 2.05) is 17.9 Å². The van der Waals surface area contributed by atoms with Gasteiger partial charge in [0.1, 0.15) is 0 Å². The van der Waals surface area contributed by atoms with Gasteiger partial charge in [-0.25, -0.2) is 0 Å². The highest BCUT2D eigenvalue weighted by atomic mass is 15.2. The fourth-order valence-electron chi connectivity index (χ4n) is 1.91. The molecule has 3 nitrogen and oxygen atoms in total. The quantitative estimate of drug-likeness (QED) is 0.849. The van der Waals surface area contributed by atoms with Crippen LogP contribution in [0.1, 0.15) is 11.1 Å². The predicted molar refractivity (Wildman–Crippen MR) is 66.1 cm³/mol. The van der Waals surface area contributed by atoms with Gasteiger partial charge in [-0.1, -0.05) is 23.8 Å².